The minimum absolute atomic E-state index is 0.153. The molecule has 2 aromatic heterocycles. The average Bonchev–Trinajstić information content (AvgIpc) is 3.30. The smallest absolute Gasteiger partial charge is 0.379 e. The van der Waals surface area contributed by atoms with E-state index in [0.717, 1.165) is 16.9 Å². The monoisotopic (exact) mass is 580 g/mol. The SMILES string of the molecule is C[C@@H](Nc1nn(C)c(=O)c2c(Br)c(=O)n(C3(C(F)(F)F)CCOC3)cc12)c1cccc(C(F)F)c1F. The maximum atomic E-state index is 14.7. The Kier molecular flexibility index (Phi) is 6.71. The summed E-state index contributed by atoms with van der Waals surface area (Å²) >= 11 is 2.98. The first-order valence-electron chi connectivity index (χ1n) is 10.6. The van der Waals surface area contributed by atoms with Crippen LogP contribution in [0.5, 0.6) is 0 Å². The molecule has 1 aliphatic heterocycles. The molecule has 1 N–H and O–H groups in total. The Morgan fingerprint density at radius 1 is 1.19 bits per heavy atom. The molecule has 0 amide bonds. The van der Waals surface area contributed by atoms with Crippen LogP contribution in [0.4, 0.5) is 32.2 Å². The second kappa shape index (κ2) is 9.21. The fourth-order valence-corrected chi connectivity index (χ4v) is 4.84. The van der Waals surface area contributed by atoms with Crippen molar-refractivity contribution < 1.29 is 31.1 Å². The molecule has 36 heavy (non-hydrogen) atoms. The molecular weight excluding hydrogens is 562 g/mol. The zero-order chi connectivity index (χ0) is 26.6. The van der Waals surface area contributed by atoms with E-state index in [2.05, 4.69) is 26.3 Å². The molecule has 14 heteroatoms. The van der Waals surface area contributed by atoms with Crippen LogP contribution in [0, 0.1) is 5.82 Å². The topological polar surface area (TPSA) is 78.2 Å². The van der Waals surface area contributed by atoms with Gasteiger partial charge in [0.25, 0.3) is 17.5 Å². The largest absolute Gasteiger partial charge is 0.414 e. The highest BCUT2D eigenvalue weighted by Crippen LogP contribution is 2.43. The third-order valence-corrected chi connectivity index (χ3v) is 7.01. The van der Waals surface area contributed by atoms with Crippen molar-refractivity contribution in [2.75, 3.05) is 18.5 Å². The molecule has 3 heterocycles. The molecule has 0 spiro atoms. The summed E-state index contributed by atoms with van der Waals surface area (Å²) in [5.74, 6) is -1.31. The summed E-state index contributed by atoms with van der Waals surface area (Å²) in [6.07, 6.45) is -7.59. The van der Waals surface area contributed by atoms with E-state index in [4.69, 9.17) is 4.74 Å². The number of benzene rings is 1. The van der Waals surface area contributed by atoms with E-state index in [-0.39, 0.29) is 28.8 Å². The molecule has 1 aliphatic rings. The number of fused-ring (bicyclic) bond motifs is 1. The van der Waals surface area contributed by atoms with Crippen molar-refractivity contribution in [1.82, 2.24) is 14.3 Å². The summed E-state index contributed by atoms with van der Waals surface area (Å²) in [7, 11) is 1.26. The van der Waals surface area contributed by atoms with Gasteiger partial charge in [-0.2, -0.15) is 18.3 Å². The number of rotatable bonds is 5. The fourth-order valence-electron chi connectivity index (χ4n) is 4.27. The molecule has 1 unspecified atom stereocenters. The Hall–Kier alpha value is -2.87. The second-order valence-electron chi connectivity index (χ2n) is 8.43. The van der Waals surface area contributed by atoms with Crippen LogP contribution in [-0.4, -0.2) is 33.7 Å². The lowest BCUT2D eigenvalue weighted by Crippen LogP contribution is -2.52. The average molecular weight is 581 g/mol. The van der Waals surface area contributed by atoms with Crippen LogP contribution >= 0.6 is 15.9 Å². The summed E-state index contributed by atoms with van der Waals surface area (Å²) in [6.45, 7) is 0.384. The van der Waals surface area contributed by atoms with E-state index in [0.29, 0.717) is 4.57 Å². The summed E-state index contributed by atoms with van der Waals surface area (Å²) in [4.78, 5) is 25.8. The lowest BCUT2D eigenvalue weighted by molar-refractivity contribution is -0.214. The number of anilines is 1. The molecule has 1 aromatic carbocycles. The first-order valence-corrected chi connectivity index (χ1v) is 11.4. The Balaban J connectivity index is 1.94. The molecule has 0 saturated carbocycles. The zero-order valence-electron chi connectivity index (χ0n) is 18.8. The number of aromatic nitrogens is 3. The van der Waals surface area contributed by atoms with Crippen LogP contribution in [0.15, 0.2) is 38.5 Å². The van der Waals surface area contributed by atoms with E-state index >= 15 is 0 Å². The normalized spacial score (nSPS) is 19.3. The van der Waals surface area contributed by atoms with E-state index in [1.165, 1.54) is 26.1 Å². The van der Waals surface area contributed by atoms with Crippen LogP contribution in [0.2, 0.25) is 0 Å². The van der Waals surface area contributed by atoms with Gasteiger partial charge in [0.15, 0.2) is 11.4 Å². The van der Waals surface area contributed by atoms with Gasteiger partial charge in [0.05, 0.1) is 28.1 Å². The molecule has 0 bridgehead atoms. The quantitative estimate of drug-likeness (QED) is 0.439. The van der Waals surface area contributed by atoms with Crippen molar-refractivity contribution >= 4 is 32.5 Å². The Morgan fingerprint density at radius 3 is 2.44 bits per heavy atom. The Morgan fingerprint density at radius 2 is 1.86 bits per heavy atom. The van der Waals surface area contributed by atoms with Crippen LogP contribution in [0.3, 0.4) is 0 Å². The maximum Gasteiger partial charge on any atom is 0.414 e. The molecule has 0 aliphatic carbocycles. The number of hydrogen-bond donors (Lipinski definition) is 1. The van der Waals surface area contributed by atoms with Gasteiger partial charge in [0, 0.05) is 37.2 Å². The second-order valence-corrected chi connectivity index (χ2v) is 9.23. The van der Waals surface area contributed by atoms with Crippen molar-refractivity contribution in [3.8, 4) is 0 Å². The van der Waals surface area contributed by atoms with Gasteiger partial charge < -0.3 is 10.1 Å². The van der Waals surface area contributed by atoms with Crippen LogP contribution in [0.25, 0.3) is 10.8 Å². The van der Waals surface area contributed by atoms with Crippen LogP contribution in [-0.2, 0) is 17.3 Å². The van der Waals surface area contributed by atoms with Crippen LogP contribution < -0.4 is 16.4 Å². The highest BCUT2D eigenvalue weighted by atomic mass is 79.9. The molecule has 4 rings (SSSR count). The molecule has 2 atom stereocenters. The molecular formula is C22H19BrF6N4O3. The number of pyridine rings is 1. The number of halogens is 7. The molecule has 1 saturated heterocycles. The predicted molar refractivity (Wildman–Crippen MR) is 122 cm³/mol. The van der Waals surface area contributed by atoms with Gasteiger partial charge in [0.1, 0.15) is 5.82 Å². The third-order valence-electron chi connectivity index (χ3n) is 6.27. The molecule has 1 fully saturated rings. The van der Waals surface area contributed by atoms with Crippen molar-refractivity contribution in [1.29, 1.82) is 0 Å². The first-order chi connectivity index (χ1) is 16.8. The summed E-state index contributed by atoms with van der Waals surface area (Å²) < 4.78 is 89.5. The number of alkyl halides is 5. The van der Waals surface area contributed by atoms with Crippen molar-refractivity contribution in [2.45, 2.75) is 37.5 Å². The van der Waals surface area contributed by atoms with Gasteiger partial charge in [-0.1, -0.05) is 18.2 Å². The minimum atomic E-state index is -4.87. The molecule has 194 valence electrons. The van der Waals surface area contributed by atoms with Gasteiger partial charge in [0.2, 0.25) is 0 Å². The predicted octanol–water partition coefficient (Wildman–Crippen LogP) is 4.79. The van der Waals surface area contributed by atoms with Gasteiger partial charge >= 0.3 is 6.18 Å². The zero-order valence-corrected chi connectivity index (χ0v) is 20.4. The Labute approximate surface area is 207 Å². The van der Waals surface area contributed by atoms with E-state index in [9.17, 15) is 35.9 Å². The number of aryl methyl sites for hydroxylation is 1. The van der Waals surface area contributed by atoms with Gasteiger partial charge in [-0.3, -0.25) is 14.2 Å². The van der Waals surface area contributed by atoms with E-state index in [1.54, 1.807) is 0 Å². The summed E-state index contributed by atoms with van der Waals surface area (Å²) in [6, 6.07) is 2.45. The summed E-state index contributed by atoms with van der Waals surface area (Å²) in [5, 5.41) is 6.43. The van der Waals surface area contributed by atoms with Gasteiger partial charge in [-0.25, -0.2) is 17.9 Å². The lowest BCUT2D eigenvalue weighted by Gasteiger charge is -2.32. The first kappa shape index (κ1) is 26.2. The maximum absolute atomic E-state index is 14.7. The minimum Gasteiger partial charge on any atom is -0.379 e. The standard InChI is InChI=1S/C22H19BrF6N4O3/c1-10(11-4-3-5-12(16(11)24)17(25)26)30-18-13-8-33(21(22(27,28)29)6-7-36-9-21)20(35)15(23)14(13)19(34)32(2)31-18/h3-5,8,10,17H,6-7,9H2,1-2H3,(H,30,31)/t10-,21?/m1/s1. The third kappa shape index (κ3) is 4.09. The molecule has 3 aromatic rings. The van der Waals surface area contributed by atoms with Crippen molar-refractivity contribution in [3.63, 3.8) is 0 Å². The number of ether oxygens (including phenoxy) is 1. The highest BCUT2D eigenvalue weighted by molar-refractivity contribution is 9.10. The van der Waals surface area contributed by atoms with Crippen LogP contribution in [0.1, 0.15) is 36.9 Å². The number of hydrogen-bond acceptors (Lipinski definition) is 5. The van der Waals surface area contributed by atoms with Gasteiger partial charge in [-0.15, -0.1) is 0 Å². The Bertz CT molecular complexity index is 1450. The molecule has 0 radical (unpaired) electrons. The van der Waals surface area contributed by atoms with Crippen molar-refractivity contribution in [3.05, 3.63) is 66.5 Å². The fraction of sp³-hybridized carbons (Fsp3) is 0.409. The number of nitrogens with zero attached hydrogens (tertiary/aromatic N) is 3. The van der Waals surface area contributed by atoms with Crippen molar-refractivity contribution in [2.24, 2.45) is 7.05 Å². The lowest BCUT2D eigenvalue weighted by atomic mass is 9.96. The molecule has 7 nitrogen and oxygen atoms in total. The number of nitrogens with one attached hydrogen (secondary N) is 1. The van der Waals surface area contributed by atoms with Gasteiger partial charge in [-0.05, 0) is 22.9 Å². The highest BCUT2D eigenvalue weighted by Gasteiger charge is 2.59. The van der Waals surface area contributed by atoms with E-state index < -0.39 is 64.2 Å². The van der Waals surface area contributed by atoms with E-state index in [1.807, 2.05) is 0 Å². The summed E-state index contributed by atoms with van der Waals surface area (Å²) in [5.41, 5.74) is -5.51.